The number of aliphatic hydroxyl groups is 1. The van der Waals surface area contributed by atoms with Crippen LogP contribution in [0.4, 0.5) is 4.39 Å². The molecule has 4 heteroatoms. The van der Waals surface area contributed by atoms with Gasteiger partial charge < -0.3 is 10.0 Å². The van der Waals surface area contributed by atoms with Gasteiger partial charge >= 0.3 is 0 Å². The van der Waals surface area contributed by atoms with Crippen LogP contribution in [-0.2, 0) is 0 Å². The highest BCUT2D eigenvalue weighted by molar-refractivity contribution is 5.95. The smallest absolute Gasteiger partial charge is 0.254 e. The number of benzene rings is 2. The molecule has 0 bridgehead atoms. The maximum absolute atomic E-state index is 13.4. The summed E-state index contributed by atoms with van der Waals surface area (Å²) in [4.78, 5) is 14.4. The minimum absolute atomic E-state index is 0.125. The number of piperidine rings is 1. The molecule has 1 N–H and O–H groups in total. The predicted octanol–water partition coefficient (Wildman–Crippen LogP) is 3.72. The standard InChI is InChI=1S/C20H22FNO2/c1-14-7-8-17(21)13-18(14)20(24)22-11-9-16(10-12-22)19(23)15-5-3-2-4-6-15/h2-8,13,16,19,23H,9-12H2,1H3. The highest BCUT2D eigenvalue weighted by Gasteiger charge is 2.29. The summed E-state index contributed by atoms with van der Waals surface area (Å²) in [5.74, 6) is -0.372. The molecular formula is C20H22FNO2. The number of likely N-dealkylation sites (tertiary alicyclic amines) is 1. The zero-order chi connectivity index (χ0) is 17.1. The zero-order valence-electron chi connectivity index (χ0n) is 13.8. The van der Waals surface area contributed by atoms with Crippen molar-refractivity contribution in [3.05, 3.63) is 71.0 Å². The average molecular weight is 327 g/mol. The lowest BCUT2D eigenvalue weighted by atomic mass is 9.87. The molecule has 1 saturated heterocycles. The van der Waals surface area contributed by atoms with Gasteiger partial charge in [0.15, 0.2) is 0 Å². The molecule has 1 aliphatic rings. The molecule has 1 aliphatic heterocycles. The molecule has 0 saturated carbocycles. The number of aryl methyl sites for hydroxylation is 1. The second-order valence-electron chi connectivity index (χ2n) is 6.44. The fourth-order valence-electron chi connectivity index (χ4n) is 3.34. The van der Waals surface area contributed by atoms with Crippen molar-refractivity contribution in [1.29, 1.82) is 0 Å². The van der Waals surface area contributed by atoms with Crippen LogP contribution in [0.3, 0.4) is 0 Å². The van der Waals surface area contributed by atoms with Gasteiger partial charge in [-0.05, 0) is 48.9 Å². The summed E-state index contributed by atoms with van der Waals surface area (Å²) in [6.45, 7) is 2.99. The van der Waals surface area contributed by atoms with Crippen molar-refractivity contribution in [1.82, 2.24) is 4.90 Å². The number of halogens is 1. The number of amides is 1. The molecule has 1 amide bonds. The van der Waals surface area contributed by atoms with E-state index in [2.05, 4.69) is 0 Å². The first kappa shape index (κ1) is 16.7. The van der Waals surface area contributed by atoms with E-state index in [1.807, 2.05) is 37.3 Å². The minimum Gasteiger partial charge on any atom is -0.388 e. The molecule has 2 aromatic rings. The van der Waals surface area contributed by atoms with Gasteiger partial charge in [0.05, 0.1) is 6.10 Å². The first-order chi connectivity index (χ1) is 11.6. The monoisotopic (exact) mass is 327 g/mol. The second-order valence-corrected chi connectivity index (χ2v) is 6.44. The fourth-order valence-corrected chi connectivity index (χ4v) is 3.34. The third kappa shape index (κ3) is 3.49. The molecule has 0 aromatic heterocycles. The number of carbonyl (C=O) groups is 1. The Hall–Kier alpha value is -2.20. The van der Waals surface area contributed by atoms with E-state index in [1.165, 1.54) is 12.1 Å². The molecule has 24 heavy (non-hydrogen) atoms. The third-order valence-corrected chi connectivity index (χ3v) is 4.84. The van der Waals surface area contributed by atoms with Crippen molar-refractivity contribution >= 4 is 5.91 Å². The minimum atomic E-state index is -0.501. The third-order valence-electron chi connectivity index (χ3n) is 4.84. The maximum Gasteiger partial charge on any atom is 0.254 e. The highest BCUT2D eigenvalue weighted by Crippen LogP contribution is 2.31. The van der Waals surface area contributed by atoms with Gasteiger partial charge in [-0.15, -0.1) is 0 Å². The zero-order valence-corrected chi connectivity index (χ0v) is 13.8. The van der Waals surface area contributed by atoms with Gasteiger partial charge in [-0.1, -0.05) is 36.4 Å². The lowest BCUT2D eigenvalue weighted by molar-refractivity contribution is 0.0461. The van der Waals surface area contributed by atoms with Crippen molar-refractivity contribution in [2.45, 2.75) is 25.9 Å². The Morgan fingerprint density at radius 3 is 2.50 bits per heavy atom. The van der Waals surface area contributed by atoms with Gasteiger partial charge in [-0.25, -0.2) is 4.39 Å². The molecule has 0 radical (unpaired) electrons. The van der Waals surface area contributed by atoms with Crippen LogP contribution in [0, 0.1) is 18.7 Å². The summed E-state index contributed by atoms with van der Waals surface area (Å²) < 4.78 is 13.4. The summed E-state index contributed by atoms with van der Waals surface area (Å²) >= 11 is 0. The Balaban J connectivity index is 1.64. The Labute approximate surface area is 141 Å². The second kappa shape index (κ2) is 7.14. The average Bonchev–Trinajstić information content (AvgIpc) is 2.63. The Morgan fingerprint density at radius 2 is 1.83 bits per heavy atom. The summed E-state index contributed by atoms with van der Waals surface area (Å²) in [5.41, 5.74) is 2.13. The number of aliphatic hydroxyl groups excluding tert-OH is 1. The van der Waals surface area contributed by atoms with Crippen molar-refractivity contribution in [3.8, 4) is 0 Å². The van der Waals surface area contributed by atoms with Gasteiger partial charge in [-0.2, -0.15) is 0 Å². The van der Waals surface area contributed by atoms with Gasteiger partial charge in [-0.3, -0.25) is 4.79 Å². The number of rotatable bonds is 3. The summed E-state index contributed by atoms with van der Waals surface area (Å²) in [6, 6.07) is 13.9. The van der Waals surface area contributed by atoms with Crippen molar-refractivity contribution in [3.63, 3.8) is 0 Å². The molecule has 1 atom stereocenters. The first-order valence-corrected chi connectivity index (χ1v) is 8.34. The van der Waals surface area contributed by atoms with E-state index in [4.69, 9.17) is 0 Å². The van der Waals surface area contributed by atoms with Gasteiger partial charge in [0.2, 0.25) is 0 Å². The Bertz CT molecular complexity index is 709. The Morgan fingerprint density at radius 1 is 1.17 bits per heavy atom. The SMILES string of the molecule is Cc1ccc(F)cc1C(=O)N1CCC(C(O)c2ccccc2)CC1. The van der Waals surface area contributed by atoms with E-state index in [-0.39, 0.29) is 11.8 Å². The van der Waals surface area contributed by atoms with Gasteiger partial charge in [0, 0.05) is 18.7 Å². The first-order valence-electron chi connectivity index (χ1n) is 8.34. The number of carbonyl (C=O) groups excluding carboxylic acids is 1. The number of hydrogen-bond donors (Lipinski definition) is 1. The molecule has 0 aliphatic carbocycles. The molecule has 1 unspecified atom stereocenters. The lowest BCUT2D eigenvalue weighted by Gasteiger charge is -2.34. The van der Waals surface area contributed by atoms with Gasteiger partial charge in [0.1, 0.15) is 5.82 Å². The molecule has 0 spiro atoms. The van der Waals surface area contributed by atoms with Crippen LogP contribution >= 0.6 is 0 Å². The van der Waals surface area contributed by atoms with Crippen LogP contribution in [0.1, 0.15) is 40.4 Å². The molecule has 3 rings (SSSR count). The van der Waals surface area contributed by atoms with Crippen LogP contribution < -0.4 is 0 Å². The van der Waals surface area contributed by atoms with E-state index < -0.39 is 11.9 Å². The quantitative estimate of drug-likeness (QED) is 0.933. The largest absolute Gasteiger partial charge is 0.388 e. The normalized spacial score (nSPS) is 16.9. The van der Waals surface area contributed by atoms with Crippen molar-refractivity contribution in [2.24, 2.45) is 5.92 Å². The van der Waals surface area contributed by atoms with Gasteiger partial charge in [0.25, 0.3) is 5.91 Å². The maximum atomic E-state index is 13.4. The highest BCUT2D eigenvalue weighted by atomic mass is 19.1. The van der Waals surface area contributed by atoms with Crippen LogP contribution in [0.2, 0.25) is 0 Å². The molecular weight excluding hydrogens is 305 g/mol. The molecule has 2 aromatic carbocycles. The van der Waals surface area contributed by atoms with Crippen LogP contribution in [0.5, 0.6) is 0 Å². The predicted molar refractivity (Wildman–Crippen MR) is 91.2 cm³/mol. The number of nitrogens with zero attached hydrogens (tertiary/aromatic N) is 1. The van der Waals surface area contributed by atoms with E-state index in [0.717, 1.165) is 24.0 Å². The van der Waals surface area contributed by atoms with E-state index in [0.29, 0.717) is 18.7 Å². The van der Waals surface area contributed by atoms with Crippen molar-refractivity contribution in [2.75, 3.05) is 13.1 Å². The van der Waals surface area contributed by atoms with E-state index >= 15 is 0 Å². The molecule has 126 valence electrons. The molecule has 1 heterocycles. The number of hydrogen-bond acceptors (Lipinski definition) is 2. The summed E-state index contributed by atoms with van der Waals surface area (Å²) in [6.07, 6.45) is 0.992. The van der Waals surface area contributed by atoms with Crippen LogP contribution in [0.25, 0.3) is 0 Å². The molecule has 3 nitrogen and oxygen atoms in total. The van der Waals surface area contributed by atoms with Crippen LogP contribution in [0.15, 0.2) is 48.5 Å². The summed E-state index contributed by atoms with van der Waals surface area (Å²) in [5, 5.41) is 10.5. The topological polar surface area (TPSA) is 40.5 Å². The molecule has 1 fully saturated rings. The van der Waals surface area contributed by atoms with Crippen LogP contribution in [-0.4, -0.2) is 29.0 Å². The van der Waals surface area contributed by atoms with E-state index in [9.17, 15) is 14.3 Å². The summed E-state index contributed by atoms with van der Waals surface area (Å²) in [7, 11) is 0. The fraction of sp³-hybridized carbons (Fsp3) is 0.350. The van der Waals surface area contributed by atoms with Crippen molar-refractivity contribution < 1.29 is 14.3 Å². The van der Waals surface area contributed by atoms with E-state index in [1.54, 1.807) is 11.0 Å². The Kier molecular flexibility index (Phi) is 4.95. The lowest BCUT2D eigenvalue weighted by Crippen LogP contribution is -2.40.